The van der Waals surface area contributed by atoms with E-state index in [1.807, 2.05) is 24.3 Å². The molecule has 1 saturated heterocycles. The van der Waals surface area contributed by atoms with Gasteiger partial charge in [0.1, 0.15) is 6.42 Å². The lowest BCUT2D eigenvalue weighted by atomic mass is 9.84. The number of halogens is 1. The maximum atomic E-state index is 11.5. The summed E-state index contributed by atoms with van der Waals surface area (Å²) in [5, 5.41) is 12.4. The van der Waals surface area contributed by atoms with Gasteiger partial charge in [-0.2, -0.15) is 5.26 Å². The van der Waals surface area contributed by atoms with Gasteiger partial charge < -0.3 is 10.2 Å². The molecule has 1 heterocycles. The number of nitrogens with zero attached hydrogens (tertiary/aromatic N) is 3. The van der Waals surface area contributed by atoms with Crippen LogP contribution in [-0.4, -0.2) is 49.6 Å². The Balaban J connectivity index is 1.34. The zero-order chi connectivity index (χ0) is 19.1. The largest absolute Gasteiger partial charge is 0.368 e. The van der Waals surface area contributed by atoms with Crippen LogP contribution in [0.25, 0.3) is 0 Å². The number of anilines is 1. The number of amides is 1. The number of para-hydroxylation sites is 1. The highest BCUT2D eigenvalue weighted by atomic mass is 35.5. The van der Waals surface area contributed by atoms with Crippen molar-refractivity contribution in [2.45, 2.75) is 44.6 Å². The Hall–Kier alpha value is -1.77. The molecule has 0 atom stereocenters. The van der Waals surface area contributed by atoms with Gasteiger partial charge in [-0.15, -0.1) is 0 Å². The molecule has 1 saturated carbocycles. The maximum absolute atomic E-state index is 11.5. The fourth-order valence-corrected chi connectivity index (χ4v) is 4.49. The molecule has 1 aliphatic heterocycles. The number of hydrogen-bond acceptors (Lipinski definition) is 4. The summed E-state index contributed by atoms with van der Waals surface area (Å²) in [5.41, 5.74) is 1.15. The maximum Gasteiger partial charge on any atom is 0.234 e. The molecule has 3 rings (SSSR count). The fourth-order valence-electron chi connectivity index (χ4n) is 4.23. The van der Waals surface area contributed by atoms with E-state index in [1.165, 1.54) is 19.3 Å². The third-order valence-corrected chi connectivity index (χ3v) is 6.19. The molecule has 0 unspecified atom stereocenters. The summed E-state index contributed by atoms with van der Waals surface area (Å²) in [4.78, 5) is 16.5. The highest BCUT2D eigenvalue weighted by Crippen LogP contribution is 2.28. The van der Waals surface area contributed by atoms with Gasteiger partial charge in [0.2, 0.25) is 5.91 Å². The van der Waals surface area contributed by atoms with Gasteiger partial charge in [0, 0.05) is 32.2 Å². The van der Waals surface area contributed by atoms with Crippen molar-refractivity contribution in [3.63, 3.8) is 0 Å². The van der Waals surface area contributed by atoms with E-state index in [0.29, 0.717) is 0 Å². The fraction of sp³-hybridized carbons (Fsp3) is 0.619. The second-order valence-corrected chi connectivity index (χ2v) is 8.10. The summed E-state index contributed by atoms with van der Waals surface area (Å²) < 4.78 is 0. The van der Waals surface area contributed by atoms with E-state index in [4.69, 9.17) is 16.9 Å². The first-order valence-electron chi connectivity index (χ1n) is 10.0. The Morgan fingerprint density at radius 3 is 2.52 bits per heavy atom. The van der Waals surface area contributed by atoms with Crippen LogP contribution in [0.1, 0.15) is 38.5 Å². The average Bonchev–Trinajstić information content (AvgIpc) is 2.68. The van der Waals surface area contributed by atoms with Gasteiger partial charge in [0.15, 0.2) is 0 Å². The summed E-state index contributed by atoms with van der Waals surface area (Å²) in [7, 11) is 0. The summed E-state index contributed by atoms with van der Waals surface area (Å²) >= 11 is 6.32. The summed E-state index contributed by atoms with van der Waals surface area (Å²) in [6.07, 6.45) is 5.66. The second-order valence-electron chi connectivity index (χ2n) is 7.69. The first kappa shape index (κ1) is 20.0. The molecule has 2 aliphatic rings. The quantitative estimate of drug-likeness (QED) is 0.810. The van der Waals surface area contributed by atoms with Crippen molar-refractivity contribution < 1.29 is 4.79 Å². The lowest BCUT2D eigenvalue weighted by Gasteiger charge is -2.37. The number of nitriles is 1. The molecule has 0 spiro atoms. The first-order chi connectivity index (χ1) is 13.2. The molecule has 1 N–H and O–H groups in total. The Kier molecular flexibility index (Phi) is 7.37. The van der Waals surface area contributed by atoms with Crippen molar-refractivity contribution in [3.05, 3.63) is 29.3 Å². The zero-order valence-corrected chi connectivity index (χ0v) is 16.6. The molecular weight excluding hydrogens is 360 g/mol. The van der Waals surface area contributed by atoms with Crippen LogP contribution >= 0.6 is 11.6 Å². The van der Waals surface area contributed by atoms with Crippen molar-refractivity contribution in [1.29, 1.82) is 5.26 Å². The topological polar surface area (TPSA) is 59.4 Å². The van der Waals surface area contributed by atoms with Crippen LogP contribution in [0.4, 0.5) is 5.69 Å². The molecule has 2 fully saturated rings. The first-order valence-corrected chi connectivity index (χ1v) is 10.4. The van der Waals surface area contributed by atoms with Gasteiger partial charge in [0.25, 0.3) is 0 Å². The second kappa shape index (κ2) is 9.96. The highest BCUT2D eigenvalue weighted by molar-refractivity contribution is 6.33. The molecule has 146 valence electrons. The average molecular weight is 389 g/mol. The molecule has 27 heavy (non-hydrogen) atoms. The normalized spacial score (nSPS) is 23.6. The Bertz CT molecular complexity index is 658. The van der Waals surface area contributed by atoms with Crippen LogP contribution in [0.15, 0.2) is 24.3 Å². The molecule has 0 bridgehead atoms. The third kappa shape index (κ3) is 5.85. The predicted molar refractivity (Wildman–Crippen MR) is 109 cm³/mol. The molecule has 1 aromatic carbocycles. The zero-order valence-electron chi connectivity index (χ0n) is 15.9. The van der Waals surface area contributed by atoms with Crippen LogP contribution in [-0.2, 0) is 4.79 Å². The van der Waals surface area contributed by atoms with Crippen LogP contribution in [0.2, 0.25) is 5.02 Å². The smallest absolute Gasteiger partial charge is 0.234 e. The van der Waals surface area contributed by atoms with Gasteiger partial charge in [-0.1, -0.05) is 23.7 Å². The van der Waals surface area contributed by atoms with Gasteiger partial charge in [-0.25, -0.2) is 0 Å². The van der Waals surface area contributed by atoms with Crippen molar-refractivity contribution in [2.24, 2.45) is 5.92 Å². The number of benzene rings is 1. The van der Waals surface area contributed by atoms with Crippen LogP contribution in [0.3, 0.4) is 0 Å². The Labute approximate surface area is 167 Å². The van der Waals surface area contributed by atoms with E-state index in [0.717, 1.165) is 62.2 Å². The lowest BCUT2D eigenvalue weighted by molar-refractivity contribution is -0.121. The minimum atomic E-state index is -0.127. The Morgan fingerprint density at radius 1 is 1.15 bits per heavy atom. The molecule has 5 nitrogen and oxygen atoms in total. The molecule has 1 amide bonds. The number of carbonyl (C=O) groups excluding carboxylic acids is 1. The molecule has 0 aromatic heterocycles. The molecule has 1 aliphatic carbocycles. The van der Waals surface area contributed by atoms with Crippen LogP contribution in [0.5, 0.6) is 0 Å². The standard InChI is InChI=1S/C21H29ClN4O/c22-19-3-1-2-4-20(19)26-15-13-25(14-16-26)12-10-17-5-7-18(8-6-17)24-21(27)9-11-23/h1-4,17-18H,5-10,12-16H2,(H,24,27)/t17-,18-. The van der Waals surface area contributed by atoms with E-state index in [1.54, 1.807) is 0 Å². The van der Waals surface area contributed by atoms with Gasteiger partial charge in [0.05, 0.1) is 16.8 Å². The predicted octanol–water partition coefficient (Wildman–Crippen LogP) is 3.44. The van der Waals surface area contributed by atoms with E-state index < -0.39 is 0 Å². The van der Waals surface area contributed by atoms with Gasteiger partial charge >= 0.3 is 0 Å². The molecule has 0 radical (unpaired) electrons. The number of rotatable bonds is 6. The number of hydrogen-bond donors (Lipinski definition) is 1. The summed E-state index contributed by atoms with van der Waals surface area (Å²) in [5.74, 6) is 0.632. The number of piperazine rings is 1. The monoisotopic (exact) mass is 388 g/mol. The summed E-state index contributed by atoms with van der Waals surface area (Å²) in [6.45, 7) is 5.39. The minimum absolute atomic E-state index is 0.0277. The van der Waals surface area contributed by atoms with E-state index in [9.17, 15) is 4.79 Å². The van der Waals surface area contributed by atoms with Crippen molar-refractivity contribution in [1.82, 2.24) is 10.2 Å². The minimum Gasteiger partial charge on any atom is -0.368 e. The van der Waals surface area contributed by atoms with Gasteiger partial charge in [-0.3, -0.25) is 9.69 Å². The van der Waals surface area contributed by atoms with E-state index >= 15 is 0 Å². The molecule has 6 heteroatoms. The van der Waals surface area contributed by atoms with Crippen LogP contribution < -0.4 is 10.2 Å². The van der Waals surface area contributed by atoms with Crippen molar-refractivity contribution in [3.8, 4) is 6.07 Å². The van der Waals surface area contributed by atoms with E-state index in [-0.39, 0.29) is 18.4 Å². The van der Waals surface area contributed by atoms with E-state index in [2.05, 4.69) is 21.2 Å². The van der Waals surface area contributed by atoms with Crippen molar-refractivity contribution in [2.75, 3.05) is 37.6 Å². The van der Waals surface area contributed by atoms with Crippen LogP contribution in [0, 0.1) is 17.2 Å². The van der Waals surface area contributed by atoms with Crippen molar-refractivity contribution >= 4 is 23.2 Å². The lowest BCUT2D eigenvalue weighted by Crippen LogP contribution is -2.47. The highest BCUT2D eigenvalue weighted by Gasteiger charge is 2.24. The number of nitrogens with one attached hydrogen (secondary N) is 1. The van der Waals surface area contributed by atoms with Gasteiger partial charge in [-0.05, 0) is 56.7 Å². The summed E-state index contributed by atoms with van der Waals surface area (Å²) in [6, 6.07) is 10.3. The SMILES string of the molecule is N#CCC(=O)N[C@H]1CC[C@H](CCN2CCN(c3ccccc3Cl)CC2)CC1. The number of carbonyl (C=O) groups is 1. The molecule has 1 aromatic rings. The third-order valence-electron chi connectivity index (χ3n) is 5.87. The Morgan fingerprint density at radius 2 is 1.85 bits per heavy atom. The molecular formula is C21H29ClN4O.